The lowest BCUT2D eigenvalue weighted by Gasteiger charge is -2.36. The van der Waals surface area contributed by atoms with Crippen molar-refractivity contribution in [1.29, 1.82) is 0 Å². The van der Waals surface area contributed by atoms with Gasteiger partial charge in [0.1, 0.15) is 17.7 Å². The number of rotatable bonds is 8. The molecule has 0 aliphatic carbocycles. The molecule has 0 bridgehead atoms. The number of unbranched alkanes of at least 4 members (excludes halogenated alkanes) is 1. The Hall–Kier alpha value is -3.24. The molecule has 5 rings (SSSR count). The van der Waals surface area contributed by atoms with Crippen molar-refractivity contribution in [1.82, 2.24) is 20.8 Å². The highest BCUT2D eigenvalue weighted by atomic mass is 32.2. The maximum atomic E-state index is 13.8. The summed E-state index contributed by atoms with van der Waals surface area (Å²) in [6.45, 7) is 2.89. The fraction of sp³-hybridized carbons (Fsp3) is 0.360. The number of nitrogens with zero attached hydrogens (tertiary/aromatic N) is 3. The first-order valence-electron chi connectivity index (χ1n) is 11.9. The van der Waals surface area contributed by atoms with Crippen LogP contribution in [-0.4, -0.2) is 45.6 Å². The molecule has 2 aromatic carbocycles. The number of hydrogen-bond donors (Lipinski definition) is 3. The number of amides is 1. The Bertz CT molecular complexity index is 1110. The highest BCUT2D eigenvalue weighted by molar-refractivity contribution is 8.14. The molecule has 1 saturated heterocycles. The van der Waals surface area contributed by atoms with Crippen LogP contribution in [0.4, 0.5) is 10.1 Å². The Morgan fingerprint density at radius 1 is 1.23 bits per heavy atom. The molecular formula is C25H29FN6O2S. The van der Waals surface area contributed by atoms with E-state index in [9.17, 15) is 9.18 Å². The van der Waals surface area contributed by atoms with Crippen molar-refractivity contribution in [3.8, 4) is 5.75 Å². The van der Waals surface area contributed by atoms with E-state index >= 15 is 0 Å². The Labute approximate surface area is 208 Å². The van der Waals surface area contributed by atoms with Crippen LogP contribution in [0.15, 0.2) is 66.0 Å². The number of hydrogen-bond acceptors (Lipinski definition) is 8. The Morgan fingerprint density at radius 3 is 2.86 bits per heavy atom. The zero-order chi connectivity index (χ0) is 24.2. The quantitative estimate of drug-likeness (QED) is 0.477. The molecule has 3 N–H and O–H groups in total. The van der Waals surface area contributed by atoms with Gasteiger partial charge in [-0.2, -0.15) is 5.10 Å². The summed E-state index contributed by atoms with van der Waals surface area (Å²) in [5.41, 5.74) is 8.18. The number of carbonyl (C=O) groups is 1. The molecule has 0 radical (unpaired) electrons. The number of halogens is 1. The second kappa shape index (κ2) is 10.6. The average Bonchev–Trinajstić information content (AvgIpc) is 3.49. The first-order valence-corrected chi connectivity index (χ1v) is 12.9. The number of fused-ring (bicyclic) bond motifs is 3. The van der Waals surface area contributed by atoms with Gasteiger partial charge in [0.15, 0.2) is 5.17 Å². The predicted octanol–water partition coefficient (Wildman–Crippen LogP) is 3.98. The zero-order valence-corrected chi connectivity index (χ0v) is 20.3. The van der Waals surface area contributed by atoms with E-state index in [1.165, 1.54) is 23.4 Å². The van der Waals surface area contributed by atoms with Crippen molar-refractivity contribution in [3.63, 3.8) is 0 Å². The monoisotopic (exact) mass is 496 g/mol. The molecule has 8 nitrogen and oxygen atoms in total. The van der Waals surface area contributed by atoms with Crippen LogP contribution in [0.25, 0.3) is 0 Å². The Balaban J connectivity index is 1.15. The molecule has 35 heavy (non-hydrogen) atoms. The third-order valence-electron chi connectivity index (χ3n) is 6.23. The highest BCUT2D eigenvalue weighted by Crippen LogP contribution is 2.35. The van der Waals surface area contributed by atoms with E-state index < -0.39 is 5.82 Å². The van der Waals surface area contributed by atoms with E-state index in [1.54, 1.807) is 18.2 Å². The van der Waals surface area contributed by atoms with Crippen molar-refractivity contribution in [2.75, 3.05) is 17.7 Å². The Kier molecular flexibility index (Phi) is 7.10. The second-order valence-electron chi connectivity index (χ2n) is 8.65. The van der Waals surface area contributed by atoms with Crippen LogP contribution >= 0.6 is 11.8 Å². The summed E-state index contributed by atoms with van der Waals surface area (Å²) >= 11 is 1.32. The van der Waals surface area contributed by atoms with Gasteiger partial charge in [-0.1, -0.05) is 49.4 Å². The van der Waals surface area contributed by atoms with Crippen LogP contribution in [0.3, 0.4) is 0 Å². The first-order chi connectivity index (χ1) is 17.1. The van der Waals surface area contributed by atoms with Crippen molar-refractivity contribution in [2.24, 2.45) is 5.10 Å². The molecule has 3 heterocycles. The van der Waals surface area contributed by atoms with E-state index in [1.807, 2.05) is 24.5 Å². The first kappa shape index (κ1) is 23.5. The SMILES string of the molecule is CCCCOc1ccc(C2CC3C4NN=C(SCC(=O)Nc5ccccc5F)N4C=CN3N2)cc1. The maximum absolute atomic E-state index is 13.8. The van der Waals surface area contributed by atoms with Gasteiger partial charge in [0.05, 0.1) is 30.1 Å². The molecule has 3 unspecified atom stereocenters. The van der Waals surface area contributed by atoms with Crippen LogP contribution in [-0.2, 0) is 4.79 Å². The minimum Gasteiger partial charge on any atom is -0.494 e. The van der Waals surface area contributed by atoms with Crippen molar-refractivity contribution >= 4 is 28.5 Å². The summed E-state index contributed by atoms with van der Waals surface area (Å²) in [4.78, 5) is 14.4. The maximum Gasteiger partial charge on any atom is 0.234 e. The van der Waals surface area contributed by atoms with Crippen LogP contribution < -0.4 is 20.9 Å². The number of benzene rings is 2. The van der Waals surface area contributed by atoms with Gasteiger partial charge < -0.3 is 20.0 Å². The molecule has 0 spiro atoms. The lowest BCUT2D eigenvalue weighted by atomic mass is 10.00. The fourth-order valence-electron chi connectivity index (χ4n) is 4.38. The van der Waals surface area contributed by atoms with Gasteiger partial charge in [0.25, 0.3) is 0 Å². The van der Waals surface area contributed by atoms with Crippen LogP contribution in [0.1, 0.15) is 37.8 Å². The third kappa shape index (κ3) is 5.23. The highest BCUT2D eigenvalue weighted by Gasteiger charge is 2.44. The minimum atomic E-state index is -0.452. The third-order valence-corrected chi connectivity index (χ3v) is 7.20. The molecule has 1 amide bonds. The molecule has 3 atom stereocenters. The summed E-state index contributed by atoms with van der Waals surface area (Å²) in [6, 6.07) is 14.8. The van der Waals surface area contributed by atoms with E-state index in [0.717, 1.165) is 31.6 Å². The number of hydrazone groups is 1. The Morgan fingerprint density at radius 2 is 2.06 bits per heavy atom. The van der Waals surface area contributed by atoms with Gasteiger partial charge in [0, 0.05) is 12.4 Å². The topological polar surface area (TPSA) is 81.2 Å². The summed E-state index contributed by atoms with van der Waals surface area (Å²) in [7, 11) is 0. The van der Waals surface area contributed by atoms with E-state index in [2.05, 4.69) is 50.2 Å². The molecule has 3 aliphatic heterocycles. The van der Waals surface area contributed by atoms with Crippen molar-refractivity contribution in [3.05, 3.63) is 72.3 Å². The number of ether oxygens (including phenoxy) is 1. The number of thioether (sulfide) groups is 1. The lowest BCUT2D eigenvalue weighted by Crippen LogP contribution is -2.54. The normalized spacial score (nSPS) is 22.3. The van der Waals surface area contributed by atoms with Gasteiger partial charge in [-0.15, -0.1) is 0 Å². The molecule has 184 valence electrons. The number of amidine groups is 1. The van der Waals surface area contributed by atoms with E-state index in [-0.39, 0.29) is 35.6 Å². The number of para-hydroxylation sites is 1. The van der Waals surface area contributed by atoms with Crippen LogP contribution in [0, 0.1) is 5.82 Å². The number of carbonyl (C=O) groups excluding carboxylic acids is 1. The summed E-state index contributed by atoms with van der Waals surface area (Å²) in [5, 5.41) is 9.91. The number of anilines is 1. The van der Waals surface area contributed by atoms with Gasteiger partial charge in [-0.05, 0) is 42.7 Å². The van der Waals surface area contributed by atoms with Gasteiger partial charge in [0.2, 0.25) is 5.91 Å². The smallest absolute Gasteiger partial charge is 0.234 e. The van der Waals surface area contributed by atoms with Gasteiger partial charge >= 0.3 is 0 Å². The van der Waals surface area contributed by atoms with E-state index in [0.29, 0.717) is 5.17 Å². The van der Waals surface area contributed by atoms with Gasteiger partial charge in [-0.3, -0.25) is 10.2 Å². The number of hydrazine groups is 1. The predicted molar refractivity (Wildman–Crippen MR) is 136 cm³/mol. The summed E-state index contributed by atoms with van der Waals surface area (Å²) in [5.74, 6) is 0.300. The summed E-state index contributed by atoms with van der Waals surface area (Å²) < 4.78 is 19.6. The van der Waals surface area contributed by atoms with Crippen LogP contribution in [0.2, 0.25) is 0 Å². The van der Waals surface area contributed by atoms with E-state index in [4.69, 9.17) is 4.74 Å². The second-order valence-corrected chi connectivity index (χ2v) is 9.60. The largest absolute Gasteiger partial charge is 0.494 e. The minimum absolute atomic E-state index is 0.0359. The molecule has 0 aromatic heterocycles. The van der Waals surface area contributed by atoms with Crippen molar-refractivity contribution in [2.45, 2.75) is 44.4 Å². The molecule has 1 fully saturated rings. The molecule has 0 saturated carbocycles. The molecule has 10 heteroatoms. The standard InChI is InChI=1S/C25H29FN6O2S/c1-2-3-14-34-18-10-8-17(9-11-18)21-15-22-24-28-29-25(31(24)12-13-32(22)30-21)35-16-23(33)27-20-7-5-4-6-19(20)26/h4-13,21-22,24,28,30H,2-3,14-16H2,1H3,(H,27,33). The number of nitrogens with one attached hydrogen (secondary N) is 3. The molecule has 2 aromatic rings. The van der Waals surface area contributed by atoms with Crippen molar-refractivity contribution < 1.29 is 13.9 Å². The average molecular weight is 497 g/mol. The summed E-state index contributed by atoms with van der Waals surface area (Å²) in [6.07, 6.45) is 7.00. The molecule has 3 aliphatic rings. The van der Waals surface area contributed by atoms with Gasteiger partial charge in [-0.25, -0.2) is 9.82 Å². The van der Waals surface area contributed by atoms with Crippen LogP contribution in [0.5, 0.6) is 5.75 Å². The fourth-order valence-corrected chi connectivity index (χ4v) is 5.15. The lowest BCUT2D eigenvalue weighted by molar-refractivity contribution is -0.113. The molecular weight excluding hydrogens is 467 g/mol. The zero-order valence-electron chi connectivity index (χ0n) is 19.5.